The summed E-state index contributed by atoms with van der Waals surface area (Å²) in [6, 6.07) is 2.50. The van der Waals surface area contributed by atoms with Gasteiger partial charge < -0.3 is 10.6 Å². The van der Waals surface area contributed by atoms with Crippen LogP contribution < -0.4 is 10.6 Å². The number of hydrogen-bond donors (Lipinski definition) is 2. The monoisotopic (exact) mass is 266 g/mol. The molecule has 0 spiro atoms. The second-order valence-electron chi connectivity index (χ2n) is 4.66. The van der Waals surface area contributed by atoms with Crippen molar-refractivity contribution in [1.82, 2.24) is 9.97 Å². The van der Waals surface area contributed by atoms with Gasteiger partial charge in [0.15, 0.2) is 0 Å². The van der Waals surface area contributed by atoms with Gasteiger partial charge in [-0.1, -0.05) is 6.42 Å². The fourth-order valence-electron chi connectivity index (χ4n) is 2.38. The maximum absolute atomic E-state index is 4.47. The summed E-state index contributed by atoms with van der Waals surface area (Å²) in [5.74, 6) is 1.65. The highest BCUT2D eigenvalue weighted by molar-refractivity contribution is 7.99. The van der Waals surface area contributed by atoms with Crippen LogP contribution in [0.3, 0.4) is 0 Å². The summed E-state index contributed by atoms with van der Waals surface area (Å²) >= 11 is 1.99. The highest BCUT2D eigenvalue weighted by Crippen LogP contribution is 2.28. The number of thioether (sulfide) groups is 1. The molecule has 0 radical (unpaired) electrons. The number of nitrogens with one attached hydrogen (secondary N) is 2. The first-order chi connectivity index (χ1) is 8.81. The lowest BCUT2D eigenvalue weighted by atomic mass is 9.95. The van der Waals surface area contributed by atoms with E-state index < -0.39 is 0 Å². The van der Waals surface area contributed by atoms with Crippen molar-refractivity contribution >= 4 is 23.5 Å². The fraction of sp³-hybridized carbons (Fsp3) is 0.692. The molecule has 0 aliphatic heterocycles. The molecule has 18 heavy (non-hydrogen) atoms. The first-order valence-electron chi connectivity index (χ1n) is 6.68. The zero-order valence-corrected chi connectivity index (χ0v) is 12.0. The molecule has 1 fully saturated rings. The molecule has 2 unspecified atom stereocenters. The third-order valence-corrected chi connectivity index (χ3v) is 4.40. The lowest BCUT2D eigenvalue weighted by Gasteiger charge is -2.29. The minimum atomic E-state index is 0.556. The molecule has 1 aliphatic carbocycles. The molecule has 1 aliphatic rings. The van der Waals surface area contributed by atoms with Crippen molar-refractivity contribution in [2.24, 2.45) is 0 Å². The van der Waals surface area contributed by atoms with Crippen molar-refractivity contribution in [3.63, 3.8) is 0 Å². The van der Waals surface area contributed by atoms with Gasteiger partial charge in [0.2, 0.25) is 5.95 Å². The molecule has 0 saturated heterocycles. The van der Waals surface area contributed by atoms with Gasteiger partial charge in [0, 0.05) is 24.0 Å². The highest BCUT2D eigenvalue weighted by Gasteiger charge is 2.21. The number of nitrogens with zero attached hydrogens (tertiary/aromatic N) is 2. The van der Waals surface area contributed by atoms with E-state index in [-0.39, 0.29) is 0 Å². The van der Waals surface area contributed by atoms with Crippen molar-refractivity contribution in [2.45, 2.75) is 43.9 Å². The van der Waals surface area contributed by atoms with Gasteiger partial charge in [-0.2, -0.15) is 16.7 Å². The summed E-state index contributed by atoms with van der Waals surface area (Å²) in [5.41, 5.74) is 0. The smallest absolute Gasteiger partial charge is 0.224 e. The molecule has 1 heterocycles. The Morgan fingerprint density at radius 1 is 1.44 bits per heavy atom. The van der Waals surface area contributed by atoms with E-state index in [1.165, 1.54) is 25.7 Å². The predicted molar refractivity (Wildman–Crippen MR) is 79.4 cm³/mol. The predicted octanol–water partition coefficient (Wildman–Crippen LogP) is 2.99. The number of rotatable bonds is 5. The van der Waals surface area contributed by atoms with E-state index in [2.05, 4.69) is 26.9 Å². The molecule has 4 nitrogen and oxygen atoms in total. The van der Waals surface area contributed by atoms with Gasteiger partial charge in [0.05, 0.1) is 0 Å². The summed E-state index contributed by atoms with van der Waals surface area (Å²) < 4.78 is 0. The molecule has 0 aromatic carbocycles. The van der Waals surface area contributed by atoms with Crippen LogP contribution in [0, 0.1) is 0 Å². The summed E-state index contributed by atoms with van der Waals surface area (Å²) in [6.45, 7) is 2.90. The standard InChI is InChI=1S/C13H22N4S/c1-3-14-13-15-8-7-12(17-13)16-10-5-4-6-11(9-10)18-2/h7-8,10-11H,3-6,9H2,1-2H3,(H2,14,15,16,17). The summed E-state index contributed by atoms with van der Waals surface area (Å²) in [4.78, 5) is 8.65. The Bertz CT molecular complexity index is 372. The zero-order valence-electron chi connectivity index (χ0n) is 11.1. The molecular formula is C13H22N4S. The number of hydrogen-bond acceptors (Lipinski definition) is 5. The third-order valence-electron chi connectivity index (χ3n) is 3.30. The number of anilines is 2. The molecule has 0 bridgehead atoms. The van der Waals surface area contributed by atoms with Gasteiger partial charge in [0.25, 0.3) is 0 Å². The van der Waals surface area contributed by atoms with Gasteiger partial charge in [-0.25, -0.2) is 4.98 Å². The molecule has 2 N–H and O–H groups in total. The van der Waals surface area contributed by atoms with E-state index in [9.17, 15) is 0 Å². The lowest BCUT2D eigenvalue weighted by molar-refractivity contribution is 0.473. The van der Waals surface area contributed by atoms with Crippen LogP contribution in [0.4, 0.5) is 11.8 Å². The molecule has 5 heteroatoms. The zero-order chi connectivity index (χ0) is 12.8. The molecular weight excluding hydrogens is 244 g/mol. The second kappa shape index (κ2) is 6.83. The first-order valence-corrected chi connectivity index (χ1v) is 7.97. The van der Waals surface area contributed by atoms with Crippen molar-refractivity contribution < 1.29 is 0 Å². The van der Waals surface area contributed by atoms with E-state index in [0.717, 1.165) is 17.6 Å². The molecule has 1 saturated carbocycles. The number of aromatic nitrogens is 2. The molecule has 100 valence electrons. The Labute approximate surface area is 113 Å². The van der Waals surface area contributed by atoms with Gasteiger partial charge >= 0.3 is 0 Å². The van der Waals surface area contributed by atoms with Crippen LogP contribution in [0.25, 0.3) is 0 Å². The summed E-state index contributed by atoms with van der Waals surface area (Å²) in [5, 5.41) is 7.48. The van der Waals surface area contributed by atoms with Crippen LogP contribution in [0.15, 0.2) is 12.3 Å². The molecule has 2 rings (SSSR count). The molecule has 1 aromatic heterocycles. The van der Waals surface area contributed by atoms with Gasteiger partial charge in [0.1, 0.15) is 5.82 Å². The Kier molecular flexibility index (Phi) is 5.11. The average molecular weight is 266 g/mol. The van der Waals surface area contributed by atoms with E-state index in [1.807, 2.05) is 30.9 Å². The van der Waals surface area contributed by atoms with E-state index >= 15 is 0 Å². The van der Waals surface area contributed by atoms with Crippen molar-refractivity contribution in [2.75, 3.05) is 23.4 Å². The second-order valence-corrected chi connectivity index (χ2v) is 5.80. The van der Waals surface area contributed by atoms with Crippen LogP contribution >= 0.6 is 11.8 Å². The highest BCUT2D eigenvalue weighted by atomic mass is 32.2. The van der Waals surface area contributed by atoms with Gasteiger partial charge in [-0.05, 0) is 38.5 Å². The normalized spacial score (nSPS) is 23.7. The van der Waals surface area contributed by atoms with Crippen LogP contribution in [0.1, 0.15) is 32.6 Å². The van der Waals surface area contributed by atoms with Crippen molar-refractivity contribution in [3.8, 4) is 0 Å². The topological polar surface area (TPSA) is 49.8 Å². The minimum Gasteiger partial charge on any atom is -0.367 e. The largest absolute Gasteiger partial charge is 0.367 e. The Morgan fingerprint density at radius 2 is 2.33 bits per heavy atom. The average Bonchev–Trinajstić information content (AvgIpc) is 2.40. The van der Waals surface area contributed by atoms with Gasteiger partial charge in [-0.3, -0.25) is 0 Å². The van der Waals surface area contributed by atoms with Crippen LogP contribution in [-0.4, -0.2) is 34.1 Å². The van der Waals surface area contributed by atoms with Crippen molar-refractivity contribution in [3.05, 3.63) is 12.3 Å². The molecule has 2 atom stereocenters. The maximum Gasteiger partial charge on any atom is 0.224 e. The molecule has 0 amide bonds. The Morgan fingerprint density at radius 3 is 3.11 bits per heavy atom. The van der Waals surface area contributed by atoms with E-state index in [0.29, 0.717) is 12.0 Å². The van der Waals surface area contributed by atoms with Crippen molar-refractivity contribution in [1.29, 1.82) is 0 Å². The van der Waals surface area contributed by atoms with Crippen LogP contribution in [0.2, 0.25) is 0 Å². The Balaban J connectivity index is 1.93. The maximum atomic E-state index is 4.47. The Hall–Kier alpha value is -0.970. The first kappa shape index (κ1) is 13.5. The van der Waals surface area contributed by atoms with Crippen LogP contribution in [-0.2, 0) is 0 Å². The quantitative estimate of drug-likeness (QED) is 0.858. The van der Waals surface area contributed by atoms with E-state index in [4.69, 9.17) is 0 Å². The minimum absolute atomic E-state index is 0.556. The summed E-state index contributed by atoms with van der Waals surface area (Å²) in [7, 11) is 0. The summed E-state index contributed by atoms with van der Waals surface area (Å²) in [6.07, 6.45) is 9.17. The fourth-order valence-corrected chi connectivity index (χ4v) is 3.21. The third kappa shape index (κ3) is 3.77. The van der Waals surface area contributed by atoms with Gasteiger partial charge in [-0.15, -0.1) is 0 Å². The lowest BCUT2D eigenvalue weighted by Crippen LogP contribution is -2.29. The van der Waals surface area contributed by atoms with E-state index in [1.54, 1.807) is 0 Å². The van der Waals surface area contributed by atoms with Crippen LogP contribution in [0.5, 0.6) is 0 Å². The SMILES string of the molecule is CCNc1nccc(NC2CCCC(SC)C2)n1. The molecule has 1 aromatic rings.